The molecular weight excluding hydrogens is 384 g/mol. The van der Waals surface area contributed by atoms with Crippen molar-refractivity contribution in [2.24, 2.45) is 0 Å². The summed E-state index contributed by atoms with van der Waals surface area (Å²) < 4.78 is 19.5. The highest BCUT2D eigenvalue weighted by molar-refractivity contribution is 5.89. The largest absolute Gasteiger partial charge is 0.478 e. The van der Waals surface area contributed by atoms with Crippen LogP contribution in [0.4, 0.5) is 0 Å². The van der Waals surface area contributed by atoms with Gasteiger partial charge in [0, 0.05) is 12.2 Å². The normalized spacial score (nSPS) is 10.0. The molecule has 168 valence electrons. The molecule has 0 rings (SSSR count). The van der Waals surface area contributed by atoms with E-state index in [2.05, 4.69) is 0 Å². The van der Waals surface area contributed by atoms with Crippen molar-refractivity contribution in [3.8, 4) is 0 Å². The molecule has 0 amide bonds. The Morgan fingerprint density at radius 3 is 0.857 bits per heavy atom. The molecule has 0 aliphatic heterocycles. The molecule has 0 aromatic carbocycles. The van der Waals surface area contributed by atoms with E-state index in [1.54, 1.807) is 0 Å². The number of ether oxygens (including phenoxy) is 4. The van der Waals surface area contributed by atoms with Crippen LogP contribution in [0, 0.1) is 0 Å². The van der Waals surface area contributed by atoms with Gasteiger partial charge >= 0.3 is 11.9 Å². The second kappa shape index (κ2) is 30.1. The summed E-state index contributed by atoms with van der Waals surface area (Å²) in [4.78, 5) is 19.1. The number of carboxylic acids is 2. The van der Waals surface area contributed by atoms with Crippen LogP contribution in [0.5, 0.6) is 0 Å². The summed E-state index contributed by atoms with van der Waals surface area (Å²) in [5.41, 5.74) is 0. The van der Waals surface area contributed by atoms with Crippen molar-refractivity contribution in [3.63, 3.8) is 0 Å². The van der Waals surface area contributed by atoms with Gasteiger partial charge in [0.15, 0.2) is 0 Å². The number of aliphatic hydroxyl groups excluding tert-OH is 4. The van der Waals surface area contributed by atoms with Gasteiger partial charge in [0.2, 0.25) is 0 Å². The zero-order valence-electron chi connectivity index (χ0n) is 15.8. The molecule has 0 aliphatic rings. The molecule has 0 aliphatic carbocycles. The lowest BCUT2D eigenvalue weighted by Gasteiger charge is -2.01. The van der Waals surface area contributed by atoms with Gasteiger partial charge < -0.3 is 49.6 Å². The standard InChI is InChI=1S/2C6H14O4.C4H4O4/c2*7-1-3-9-5-6-10-4-2-8;5-3(6)1-2-4(7)8/h2*7-8H,1-6H2;1-2H,(H,5,6)(H,7,8)/b;;2-1-. The maximum Gasteiger partial charge on any atom is 0.328 e. The fourth-order valence-corrected chi connectivity index (χ4v) is 1.04. The first-order chi connectivity index (χ1) is 13.5. The van der Waals surface area contributed by atoms with E-state index >= 15 is 0 Å². The van der Waals surface area contributed by atoms with Gasteiger partial charge in [0.05, 0.1) is 79.3 Å². The van der Waals surface area contributed by atoms with Crippen LogP contribution in [0.2, 0.25) is 0 Å². The Hall–Kier alpha value is -1.64. The zero-order chi connectivity index (χ0) is 21.9. The van der Waals surface area contributed by atoms with Crippen molar-refractivity contribution >= 4 is 11.9 Å². The van der Waals surface area contributed by atoms with Crippen molar-refractivity contribution < 1.29 is 59.2 Å². The Bertz CT molecular complexity index is 301. The van der Waals surface area contributed by atoms with E-state index in [-0.39, 0.29) is 26.4 Å². The molecule has 0 saturated carbocycles. The molecule has 0 bridgehead atoms. The van der Waals surface area contributed by atoms with Crippen LogP contribution in [0.1, 0.15) is 0 Å². The lowest BCUT2D eigenvalue weighted by atomic mass is 10.5. The minimum atomic E-state index is -1.26. The van der Waals surface area contributed by atoms with E-state index in [4.69, 9.17) is 49.6 Å². The van der Waals surface area contributed by atoms with E-state index in [1.807, 2.05) is 0 Å². The summed E-state index contributed by atoms with van der Waals surface area (Å²) in [5, 5.41) is 48.7. The van der Waals surface area contributed by atoms with Crippen LogP contribution < -0.4 is 0 Å². The maximum absolute atomic E-state index is 9.55. The highest BCUT2D eigenvalue weighted by Crippen LogP contribution is 1.77. The van der Waals surface area contributed by atoms with Gasteiger partial charge in [-0.05, 0) is 0 Å². The molecule has 0 atom stereocenters. The minimum absolute atomic E-state index is 0.0417. The van der Waals surface area contributed by atoms with Crippen LogP contribution in [-0.2, 0) is 28.5 Å². The van der Waals surface area contributed by atoms with E-state index in [1.165, 1.54) is 0 Å². The summed E-state index contributed by atoms with van der Waals surface area (Å²) in [6.45, 7) is 3.46. The SMILES string of the molecule is O=C(O)/C=C\C(=O)O.OCCOCCOCCO.OCCOCCOCCO. The molecule has 0 radical (unpaired) electrons. The van der Waals surface area contributed by atoms with Crippen molar-refractivity contribution in [2.45, 2.75) is 0 Å². The molecule has 12 heteroatoms. The van der Waals surface area contributed by atoms with E-state index < -0.39 is 11.9 Å². The molecule has 6 N–H and O–H groups in total. The Kier molecular flexibility index (Phi) is 33.4. The predicted molar refractivity (Wildman–Crippen MR) is 96.0 cm³/mol. The van der Waals surface area contributed by atoms with Crippen LogP contribution in [0.25, 0.3) is 0 Å². The van der Waals surface area contributed by atoms with Gasteiger partial charge in [-0.1, -0.05) is 0 Å². The van der Waals surface area contributed by atoms with E-state index in [0.29, 0.717) is 65.0 Å². The molecule has 0 aromatic rings. The first-order valence-corrected chi connectivity index (χ1v) is 8.34. The molecule has 0 heterocycles. The first kappa shape index (κ1) is 31.1. The number of aliphatic carboxylic acids is 2. The van der Waals surface area contributed by atoms with Gasteiger partial charge in [-0.2, -0.15) is 0 Å². The second-order valence-corrected chi connectivity index (χ2v) is 4.35. The summed E-state index contributed by atoms with van der Waals surface area (Å²) >= 11 is 0. The molecule has 0 aromatic heterocycles. The lowest BCUT2D eigenvalue weighted by Crippen LogP contribution is -2.09. The smallest absolute Gasteiger partial charge is 0.328 e. The fraction of sp³-hybridized carbons (Fsp3) is 0.750. The van der Waals surface area contributed by atoms with Gasteiger partial charge in [-0.3, -0.25) is 0 Å². The average molecular weight is 416 g/mol. The van der Waals surface area contributed by atoms with Crippen molar-refractivity contribution in [2.75, 3.05) is 79.3 Å². The second-order valence-electron chi connectivity index (χ2n) is 4.35. The number of carbonyl (C=O) groups is 2. The highest BCUT2D eigenvalue weighted by Gasteiger charge is 1.88. The molecule has 0 unspecified atom stereocenters. The number of rotatable bonds is 16. The maximum atomic E-state index is 9.55. The van der Waals surface area contributed by atoms with Gasteiger partial charge in [0.25, 0.3) is 0 Å². The van der Waals surface area contributed by atoms with E-state index in [9.17, 15) is 9.59 Å². The lowest BCUT2D eigenvalue weighted by molar-refractivity contribution is -0.134. The predicted octanol–water partition coefficient (Wildman–Crippen LogP) is -2.28. The van der Waals surface area contributed by atoms with Crippen LogP contribution in [0.3, 0.4) is 0 Å². The van der Waals surface area contributed by atoms with Crippen LogP contribution in [0.15, 0.2) is 12.2 Å². The van der Waals surface area contributed by atoms with Crippen molar-refractivity contribution in [3.05, 3.63) is 12.2 Å². The fourth-order valence-electron chi connectivity index (χ4n) is 1.04. The third kappa shape index (κ3) is 44.1. The zero-order valence-corrected chi connectivity index (χ0v) is 15.8. The molecule has 0 saturated heterocycles. The van der Waals surface area contributed by atoms with Crippen molar-refractivity contribution in [1.29, 1.82) is 0 Å². The summed E-state index contributed by atoms with van der Waals surface area (Å²) in [5.74, 6) is -2.51. The van der Waals surface area contributed by atoms with E-state index in [0.717, 1.165) is 0 Å². The Morgan fingerprint density at radius 1 is 0.500 bits per heavy atom. The summed E-state index contributed by atoms with van der Waals surface area (Å²) in [6, 6.07) is 0. The number of hydrogen-bond acceptors (Lipinski definition) is 10. The highest BCUT2D eigenvalue weighted by atomic mass is 16.5. The number of hydrogen-bond donors (Lipinski definition) is 6. The third-order valence-electron chi connectivity index (χ3n) is 2.06. The van der Waals surface area contributed by atoms with Gasteiger partial charge in [0.1, 0.15) is 0 Å². The minimum Gasteiger partial charge on any atom is -0.478 e. The molecule has 28 heavy (non-hydrogen) atoms. The Balaban J connectivity index is -0.000000337. The molecule has 0 spiro atoms. The molecular formula is C16H32O12. The molecule has 12 nitrogen and oxygen atoms in total. The topological polar surface area (TPSA) is 192 Å². The summed E-state index contributed by atoms with van der Waals surface area (Å²) in [6.07, 6.45) is 1.12. The molecule has 0 fully saturated rings. The first-order valence-electron chi connectivity index (χ1n) is 8.34. The Morgan fingerprint density at radius 2 is 0.714 bits per heavy atom. The van der Waals surface area contributed by atoms with Crippen LogP contribution >= 0.6 is 0 Å². The monoisotopic (exact) mass is 416 g/mol. The van der Waals surface area contributed by atoms with Gasteiger partial charge in [-0.25, -0.2) is 9.59 Å². The average Bonchev–Trinajstić information content (AvgIpc) is 2.67. The number of aliphatic hydroxyl groups is 4. The summed E-state index contributed by atoms with van der Waals surface area (Å²) in [7, 11) is 0. The number of carboxylic acid groups (broad SMARTS) is 2. The van der Waals surface area contributed by atoms with Crippen LogP contribution in [-0.4, -0.2) is 122 Å². The quantitative estimate of drug-likeness (QED) is 0.117. The third-order valence-corrected chi connectivity index (χ3v) is 2.06. The van der Waals surface area contributed by atoms with Crippen molar-refractivity contribution in [1.82, 2.24) is 0 Å². The Labute approximate surface area is 163 Å². The van der Waals surface area contributed by atoms with Gasteiger partial charge in [-0.15, -0.1) is 0 Å².